The molecule has 10 heteroatoms. The fraction of sp³-hybridized carbons (Fsp3) is 0.391. The van der Waals surface area contributed by atoms with Crippen LogP contribution in [-0.4, -0.2) is 39.1 Å². The van der Waals surface area contributed by atoms with E-state index in [1.165, 1.54) is 23.1 Å². The van der Waals surface area contributed by atoms with E-state index in [0.717, 1.165) is 42.0 Å². The first-order valence-corrected chi connectivity index (χ1v) is 12.6. The molecule has 1 fully saturated rings. The average molecular weight is 483 g/mol. The van der Waals surface area contributed by atoms with Gasteiger partial charge >= 0.3 is 0 Å². The molecule has 3 heterocycles. The van der Waals surface area contributed by atoms with Crippen molar-refractivity contribution in [2.24, 2.45) is 0 Å². The van der Waals surface area contributed by atoms with Gasteiger partial charge < -0.3 is 19.9 Å². The number of rotatable bonds is 8. The van der Waals surface area contributed by atoms with Gasteiger partial charge in [-0.25, -0.2) is 0 Å². The molecule has 0 unspecified atom stereocenters. The highest BCUT2D eigenvalue weighted by molar-refractivity contribution is 8.01. The van der Waals surface area contributed by atoms with Gasteiger partial charge in [-0.2, -0.15) is 5.26 Å². The summed E-state index contributed by atoms with van der Waals surface area (Å²) < 4.78 is 8.47. The lowest BCUT2D eigenvalue weighted by atomic mass is 10.2. The molecule has 0 bridgehead atoms. The largest absolute Gasteiger partial charge is 0.376 e. The van der Waals surface area contributed by atoms with Crippen LogP contribution in [-0.2, 0) is 16.1 Å². The topological polar surface area (TPSA) is 105 Å². The number of hydrogen-bond donors (Lipinski definition) is 2. The summed E-state index contributed by atoms with van der Waals surface area (Å²) in [6, 6.07) is 10.3. The minimum atomic E-state index is -0.189. The number of nitriles is 1. The smallest absolute Gasteiger partial charge is 0.235 e. The highest BCUT2D eigenvalue weighted by Gasteiger charge is 2.24. The molecule has 2 N–H and O–H groups in total. The van der Waals surface area contributed by atoms with Crippen LogP contribution in [0.1, 0.15) is 35.2 Å². The lowest BCUT2D eigenvalue weighted by Crippen LogP contribution is -2.22. The molecule has 0 radical (unpaired) electrons. The highest BCUT2D eigenvalue weighted by atomic mass is 32.2. The van der Waals surface area contributed by atoms with Gasteiger partial charge in [0.1, 0.15) is 11.9 Å². The summed E-state index contributed by atoms with van der Waals surface area (Å²) in [5.41, 5.74) is 4.46. The fourth-order valence-electron chi connectivity index (χ4n) is 3.81. The number of carbonyl (C=O) groups excluding carboxylic acids is 1. The zero-order valence-electron chi connectivity index (χ0n) is 18.8. The van der Waals surface area contributed by atoms with Gasteiger partial charge in [0.15, 0.2) is 4.34 Å². The van der Waals surface area contributed by atoms with Crippen molar-refractivity contribution in [3.05, 3.63) is 46.6 Å². The van der Waals surface area contributed by atoms with Crippen LogP contribution >= 0.6 is 23.1 Å². The number of aryl methyl sites for hydroxylation is 1. The van der Waals surface area contributed by atoms with E-state index in [9.17, 15) is 10.1 Å². The molecule has 33 heavy (non-hydrogen) atoms. The molecule has 1 saturated heterocycles. The molecule has 1 aliphatic rings. The maximum Gasteiger partial charge on any atom is 0.235 e. The number of nitrogens with one attached hydrogen (secondary N) is 2. The van der Waals surface area contributed by atoms with E-state index >= 15 is 0 Å². The molecule has 1 amide bonds. The molecule has 1 aromatic carbocycles. The van der Waals surface area contributed by atoms with E-state index in [4.69, 9.17) is 4.74 Å². The second-order valence-corrected chi connectivity index (χ2v) is 10.2. The SMILES string of the molecule is Cc1cccc(Nc2nnc(SCC(=O)Nc3c(C#N)c(C)c(C)n3C[C@@H]3CCCO3)s2)c1. The van der Waals surface area contributed by atoms with Crippen LogP contribution in [0.2, 0.25) is 0 Å². The van der Waals surface area contributed by atoms with E-state index in [1.54, 1.807) is 0 Å². The summed E-state index contributed by atoms with van der Waals surface area (Å²) in [4.78, 5) is 12.8. The van der Waals surface area contributed by atoms with Crippen molar-refractivity contribution in [2.75, 3.05) is 23.0 Å². The number of aromatic nitrogens is 3. The predicted molar refractivity (Wildman–Crippen MR) is 131 cm³/mol. The highest BCUT2D eigenvalue weighted by Crippen LogP contribution is 2.30. The van der Waals surface area contributed by atoms with Gasteiger partial charge in [-0.05, 0) is 56.9 Å². The third kappa shape index (κ3) is 5.55. The molecule has 1 atom stereocenters. The Balaban J connectivity index is 1.39. The van der Waals surface area contributed by atoms with Gasteiger partial charge in [0, 0.05) is 18.0 Å². The van der Waals surface area contributed by atoms with Gasteiger partial charge in [0.25, 0.3) is 0 Å². The molecule has 3 aromatic rings. The second-order valence-electron chi connectivity index (χ2n) is 8.00. The van der Waals surface area contributed by atoms with Gasteiger partial charge in [0.2, 0.25) is 11.0 Å². The number of nitrogens with zero attached hydrogens (tertiary/aromatic N) is 4. The molecular formula is C23H26N6O2S2. The van der Waals surface area contributed by atoms with Crippen LogP contribution < -0.4 is 10.6 Å². The first-order chi connectivity index (χ1) is 15.9. The van der Waals surface area contributed by atoms with Crippen LogP contribution in [0.25, 0.3) is 0 Å². The quantitative estimate of drug-likeness (QED) is 0.445. The number of anilines is 3. The predicted octanol–water partition coefficient (Wildman–Crippen LogP) is 4.79. The number of carbonyl (C=O) groups is 1. The van der Waals surface area contributed by atoms with Crippen LogP contribution in [0.5, 0.6) is 0 Å². The number of ether oxygens (including phenoxy) is 1. The first-order valence-electron chi connectivity index (χ1n) is 10.8. The summed E-state index contributed by atoms with van der Waals surface area (Å²) >= 11 is 2.72. The third-order valence-electron chi connectivity index (χ3n) is 5.61. The number of amides is 1. The Morgan fingerprint density at radius 3 is 2.94 bits per heavy atom. The van der Waals surface area contributed by atoms with Crippen molar-refractivity contribution < 1.29 is 9.53 Å². The zero-order chi connectivity index (χ0) is 23.4. The molecule has 4 rings (SSSR count). The van der Waals surface area contributed by atoms with Gasteiger partial charge in [0.05, 0.1) is 24.0 Å². The first kappa shape index (κ1) is 23.3. The lowest BCUT2D eigenvalue weighted by Gasteiger charge is -2.16. The fourth-order valence-corrected chi connectivity index (χ4v) is 5.38. The Labute approximate surface area is 201 Å². The molecule has 0 aliphatic carbocycles. The van der Waals surface area contributed by atoms with Crippen molar-refractivity contribution in [2.45, 2.75) is 50.6 Å². The van der Waals surface area contributed by atoms with Crippen molar-refractivity contribution in [1.29, 1.82) is 5.26 Å². The number of benzene rings is 1. The van der Waals surface area contributed by atoms with Crippen molar-refractivity contribution in [3.8, 4) is 6.07 Å². The maximum atomic E-state index is 12.8. The summed E-state index contributed by atoms with van der Waals surface area (Å²) in [7, 11) is 0. The average Bonchev–Trinajstić information content (AvgIpc) is 3.51. The molecule has 1 aliphatic heterocycles. The molecule has 8 nitrogen and oxygen atoms in total. The monoisotopic (exact) mass is 482 g/mol. The molecule has 0 spiro atoms. The van der Waals surface area contributed by atoms with E-state index in [0.29, 0.717) is 27.4 Å². The van der Waals surface area contributed by atoms with E-state index in [2.05, 4.69) is 26.9 Å². The number of thioether (sulfide) groups is 1. The lowest BCUT2D eigenvalue weighted by molar-refractivity contribution is -0.113. The van der Waals surface area contributed by atoms with Gasteiger partial charge in [-0.15, -0.1) is 10.2 Å². The van der Waals surface area contributed by atoms with Crippen LogP contribution in [0.3, 0.4) is 0 Å². The van der Waals surface area contributed by atoms with E-state index < -0.39 is 0 Å². The molecule has 172 valence electrons. The minimum Gasteiger partial charge on any atom is -0.376 e. The summed E-state index contributed by atoms with van der Waals surface area (Å²) in [6.07, 6.45) is 2.13. The Kier molecular flexibility index (Phi) is 7.33. The second kappa shape index (κ2) is 10.4. The standard InChI is InChI=1S/C23H26N6O2S2/c1-14-6-4-7-17(10-14)25-22-27-28-23(33-22)32-13-20(30)26-21-19(11-24)15(2)16(3)29(21)12-18-8-5-9-31-18/h4,6-7,10,18H,5,8-9,12-13H2,1-3H3,(H,25,27)(H,26,30)/t18-/m0/s1. The van der Waals surface area contributed by atoms with Crippen molar-refractivity contribution in [1.82, 2.24) is 14.8 Å². The Morgan fingerprint density at radius 1 is 1.36 bits per heavy atom. The number of hydrogen-bond acceptors (Lipinski definition) is 8. The molecule has 2 aromatic heterocycles. The molecule has 0 saturated carbocycles. The van der Waals surface area contributed by atoms with Crippen molar-refractivity contribution in [3.63, 3.8) is 0 Å². The maximum absolute atomic E-state index is 12.8. The summed E-state index contributed by atoms with van der Waals surface area (Å²) in [5.74, 6) is 0.534. The normalized spacial score (nSPS) is 15.4. The Hall–Kier alpha value is -2.87. The van der Waals surface area contributed by atoms with Gasteiger partial charge in [-0.1, -0.05) is 35.2 Å². The van der Waals surface area contributed by atoms with E-state index in [-0.39, 0.29) is 17.8 Å². The van der Waals surface area contributed by atoms with Crippen LogP contribution in [0, 0.1) is 32.1 Å². The zero-order valence-corrected chi connectivity index (χ0v) is 20.5. The Morgan fingerprint density at radius 2 is 2.21 bits per heavy atom. The molecular weight excluding hydrogens is 456 g/mol. The Bertz CT molecular complexity index is 1190. The third-order valence-corrected chi connectivity index (χ3v) is 7.58. The van der Waals surface area contributed by atoms with E-state index in [1.807, 2.05) is 49.6 Å². The minimum absolute atomic E-state index is 0.104. The van der Waals surface area contributed by atoms with Crippen LogP contribution in [0.15, 0.2) is 28.6 Å². The summed E-state index contributed by atoms with van der Waals surface area (Å²) in [6.45, 7) is 7.30. The van der Waals surface area contributed by atoms with Gasteiger partial charge in [-0.3, -0.25) is 4.79 Å². The van der Waals surface area contributed by atoms with Crippen LogP contribution in [0.4, 0.5) is 16.6 Å². The van der Waals surface area contributed by atoms with Crippen molar-refractivity contribution >= 4 is 45.6 Å². The summed E-state index contributed by atoms with van der Waals surface area (Å²) in [5, 5.41) is 24.9.